The quantitative estimate of drug-likeness (QED) is 0.670. The van der Waals surface area contributed by atoms with Crippen molar-refractivity contribution in [3.8, 4) is 22.6 Å². The van der Waals surface area contributed by atoms with Crippen LogP contribution in [0, 0.1) is 5.82 Å². The first-order valence-corrected chi connectivity index (χ1v) is 9.87. The molecule has 1 saturated heterocycles. The number of fused-ring (bicyclic) bond motifs is 3. The summed E-state index contributed by atoms with van der Waals surface area (Å²) < 4.78 is 19.0. The van der Waals surface area contributed by atoms with E-state index >= 15 is 0 Å². The summed E-state index contributed by atoms with van der Waals surface area (Å²) in [7, 11) is 0. The molecule has 2 aromatic carbocycles. The highest BCUT2D eigenvalue weighted by atomic mass is 19.1. The predicted octanol–water partition coefficient (Wildman–Crippen LogP) is 4.28. The van der Waals surface area contributed by atoms with Gasteiger partial charge in [-0.3, -0.25) is 0 Å². The van der Waals surface area contributed by atoms with Gasteiger partial charge >= 0.3 is 0 Å². The molecule has 0 radical (unpaired) electrons. The smallest absolute Gasteiger partial charge is 0.162 e. The second-order valence-corrected chi connectivity index (χ2v) is 7.31. The van der Waals surface area contributed by atoms with Crippen molar-refractivity contribution in [3.05, 3.63) is 65.5 Å². The van der Waals surface area contributed by atoms with Crippen molar-refractivity contribution >= 4 is 5.82 Å². The zero-order valence-corrected chi connectivity index (χ0v) is 15.7. The molecule has 28 heavy (non-hydrogen) atoms. The van der Waals surface area contributed by atoms with Gasteiger partial charge < -0.3 is 9.64 Å². The van der Waals surface area contributed by atoms with Crippen LogP contribution in [0.1, 0.15) is 17.5 Å². The third-order valence-corrected chi connectivity index (χ3v) is 5.54. The Hall–Kier alpha value is -2.79. The highest BCUT2D eigenvalue weighted by Crippen LogP contribution is 2.37. The molecule has 0 amide bonds. The van der Waals surface area contributed by atoms with Gasteiger partial charge in [-0.05, 0) is 49.1 Å². The molecule has 2 aliphatic rings. The summed E-state index contributed by atoms with van der Waals surface area (Å²) in [6, 6.07) is 14.9. The van der Waals surface area contributed by atoms with E-state index < -0.39 is 0 Å². The van der Waals surface area contributed by atoms with E-state index in [1.807, 2.05) is 0 Å². The average Bonchev–Trinajstić information content (AvgIpc) is 2.94. The Morgan fingerprint density at radius 1 is 0.893 bits per heavy atom. The van der Waals surface area contributed by atoms with E-state index in [1.165, 1.54) is 28.8 Å². The van der Waals surface area contributed by atoms with Crippen LogP contribution in [-0.4, -0.2) is 36.3 Å². The molecule has 0 N–H and O–H groups in total. The molecule has 0 unspecified atom stereocenters. The zero-order chi connectivity index (χ0) is 18.9. The summed E-state index contributed by atoms with van der Waals surface area (Å²) in [6.45, 7) is 3.07. The number of hydrogen-bond donors (Lipinski definition) is 0. The maximum atomic E-state index is 13.4. The molecule has 142 valence electrons. The van der Waals surface area contributed by atoms with Crippen LogP contribution in [0.25, 0.3) is 22.6 Å². The van der Waals surface area contributed by atoms with Crippen molar-refractivity contribution < 1.29 is 9.13 Å². The molecule has 1 fully saturated rings. The van der Waals surface area contributed by atoms with E-state index in [1.54, 1.807) is 12.1 Å². The van der Waals surface area contributed by atoms with Crippen molar-refractivity contribution in [3.63, 3.8) is 0 Å². The van der Waals surface area contributed by atoms with Gasteiger partial charge in [-0.25, -0.2) is 14.4 Å². The first kappa shape index (κ1) is 17.3. The van der Waals surface area contributed by atoms with Crippen LogP contribution in [0.2, 0.25) is 0 Å². The molecule has 5 rings (SSSR count). The second-order valence-electron chi connectivity index (χ2n) is 7.31. The summed E-state index contributed by atoms with van der Waals surface area (Å²) in [6.07, 6.45) is 3.09. The number of nitrogens with zero attached hydrogens (tertiary/aromatic N) is 3. The van der Waals surface area contributed by atoms with E-state index in [-0.39, 0.29) is 5.82 Å². The van der Waals surface area contributed by atoms with Gasteiger partial charge in [-0.1, -0.05) is 24.3 Å². The van der Waals surface area contributed by atoms with E-state index in [4.69, 9.17) is 14.7 Å². The number of aromatic nitrogens is 2. The minimum absolute atomic E-state index is 0.253. The van der Waals surface area contributed by atoms with Crippen LogP contribution < -0.4 is 4.90 Å². The summed E-state index contributed by atoms with van der Waals surface area (Å²) in [5.41, 5.74) is 5.59. The molecule has 3 aromatic rings. The number of hydrogen-bond acceptors (Lipinski definition) is 4. The minimum atomic E-state index is -0.253. The lowest BCUT2D eigenvalue weighted by Gasteiger charge is -2.30. The fourth-order valence-corrected chi connectivity index (χ4v) is 4.11. The van der Waals surface area contributed by atoms with Gasteiger partial charge in [0.1, 0.15) is 11.6 Å². The summed E-state index contributed by atoms with van der Waals surface area (Å²) in [5.74, 6) is 1.40. The number of benzene rings is 2. The van der Waals surface area contributed by atoms with Gasteiger partial charge in [0.25, 0.3) is 0 Å². The van der Waals surface area contributed by atoms with Gasteiger partial charge in [-0.2, -0.15) is 0 Å². The average molecular weight is 375 g/mol. The van der Waals surface area contributed by atoms with E-state index in [9.17, 15) is 4.39 Å². The molecular weight excluding hydrogens is 353 g/mol. The van der Waals surface area contributed by atoms with Crippen LogP contribution in [0.4, 0.5) is 10.2 Å². The number of morpholine rings is 1. The van der Waals surface area contributed by atoms with Crippen molar-refractivity contribution in [2.75, 3.05) is 31.2 Å². The molecule has 1 aromatic heterocycles. The third kappa shape index (κ3) is 3.16. The first-order chi connectivity index (χ1) is 13.8. The largest absolute Gasteiger partial charge is 0.378 e. The summed E-state index contributed by atoms with van der Waals surface area (Å²) in [4.78, 5) is 12.3. The molecule has 0 spiro atoms. The Morgan fingerprint density at radius 2 is 1.68 bits per heavy atom. The van der Waals surface area contributed by atoms with Crippen molar-refractivity contribution in [2.45, 2.75) is 19.3 Å². The number of ether oxygens (including phenoxy) is 1. The summed E-state index contributed by atoms with van der Waals surface area (Å²) >= 11 is 0. The molecule has 1 aliphatic heterocycles. The lowest BCUT2D eigenvalue weighted by molar-refractivity contribution is 0.122. The highest BCUT2D eigenvalue weighted by Gasteiger charge is 2.25. The number of halogens is 1. The van der Waals surface area contributed by atoms with Crippen LogP contribution in [0.5, 0.6) is 0 Å². The third-order valence-electron chi connectivity index (χ3n) is 5.54. The Morgan fingerprint density at radius 3 is 2.50 bits per heavy atom. The van der Waals surface area contributed by atoms with E-state index in [0.717, 1.165) is 49.4 Å². The Bertz CT molecular complexity index is 997. The van der Waals surface area contributed by atoms with Crippen LogP contribution in [0.15, 0.2) is 48.5 Å². The van der Waals surface area contributed by atoms with Gasteiger partial charge in [0.15, 0.2) is 5.82 Å². The molecule has 1 aliphatic carbocycles. The zero-order valence-electron chi connectivity index (χ0n) is 15.7. The Labute approximate surface area is 164 Å². The van der Waals surface area contributed by atoms with Gasteiger partial charge in [0.2, 0.25) is 0 Å². The van der Waals surface area contributed by atoms with Gasteiger partial charge in [0, 0.05) is 29.8 Å². The molecule has 0 atom stereocenters. The van der Waals surface area contributed by atoms with Gasteiger partial charge in [-0.15, -0.1) is 0 Å². The van der Waals surface area contributed by atoms with Crippen molar-refractivity contribution in [1.82, 2.24) is 9.97 Å². The van der Waals surface area contributed by atoms with Crippen molar-refractivity contribution in [2.24, 2.45) is 0 Å². The normalized spacial score (nSPS) is 16.2. The second kappa shape index (κ2) is 7.32. The van der Waals surface area contributed by atoms with Crippen LogP contribution in [0.3, 0.4) is 0 Å². The summed E-state index contributed by atoms with van der Waals surface area (Å²) in [5, 5.41) is 0. The molecule has 2 heterocycles. The minimum Gasteiger partial charge on any atom is -0.378 e. The lowest BCUT2D eigenvalue weighted by atomic mass is 10.0. The number of anilines is 1. The fourth-order valence-electron chi connectivity index (χ4n) is 4.11. The van der Waals surface area contributed by atoms with Crippen LogP contribution >= 0.6 is 0 Å². The maximum absolute atomic E-state index is 13.4. The number of rotatable bonds is 2. The van der Waals surface area contributed by atoms with E-state index in [2.05, 4.69) is 29.2 Å². The molecule has 5 heteroatoms. The standard InChI is InChI=1S/C23H22FN3O/c24-18-10-8-17(9-11-18)22-25-21-19-6-2-1-4-16(19)5-3-7-20(21)23(26-22)27-12-14-28-15-13-27/h1-2,4,6,8-11H,3,5,7,12-15H2. The molecule has 0 saturated carbocycles. The van der Waals surface area contributed by atoms with Crippen LogP contribution in [-0.2, 0) is 17.6 Å². The SMILES string of the molecule is Fc1ccc(-c2nc3c(c(N4CCOCC4)n2)CCCc2ccccc2-3)cc1. The molecule has 4 nitrogen and oxygen atoms in total. The monoisotopic (exact) mass is 375 g/mol. The Balaban J connectivity index is 1.73. The topological polar surface area (TPSA) is 38.2 Å². The van der Waals surface area contributed by atoms with Gasteiger partial charge in [0.05, 0.1) is 18.9 Å². The Kier molecular flexibility index (Phi) is 4.53. The van der Waals surface area contributed by atoms with Crippen molar-refractivity contribution in [1.29, 1.82) is 0 Å². The molecular formula is C23H22FN3O. The maximum Gasteiger partial charge on any atom is 0.162 e. The lowest BCUT2D eigenvalue weighted by Crippen LogP contribution is -2.37. The number of aryl methyl sites for hydroxylation is 1. The first-order valence-electron chi connectivity index (χ1n) is 9.87. The predicted molar refractivity (Wildman–Crippen MR) is 108 cm³/mol. The fraction of sp³-hybridized carbons (Fsp3) is 0.304. The molecule has 0 bridgehead atoms. The highest BCUT2D eigenvalue weighted by molar-refractivity contribution is 5.75. The van der Waals surface area contributed by atoms with E-state index in [0.29, 0.717) is 19.0 Å².